The molecule has 14 atom stereocenters. The highest BCUT2D eigenvalue weighted by Crippen LogP contribution is 2.71. The maximum Gasteiger partial charge on any atom is 0.319 e. The van der Waals surface area contributed by atoms with Crippen LogP contribution in [0.4, 0.5) is 5.69 Å². The lowest BCUT2D eigenvalue weighted by Gasteiger charge is -2.63. The first kappa shape index (κ1) is 25.8. The van der Waals surface area contributed by atoms with Gasteiger partial charge in [-0.3, -0.25) is 4.79 Å². The second kappa shape index (κ2) is 8.93. The van der Waals surface area contributed by atoms with E-state index in [4.69, 9.17) is 23.7 Å². The van der Waals surface area contributed by atoms with Crippen molar-refractivity contribution in [1.82, 2.24) is 5.32 Å². The molecule has 0 amide bonds. The van der Waals surface area contributed by atoms with E-state index in [1.54, 1.807) is 6.08 Å². The average molecular weight is 547 g/mol. The third-order valence-corrected chi connectivity index (χ3v) is 9.99. The van der Waals surface area contributed by atoms with Crippen molar-refractivity contribution in [2.24, 2.45) is 17.3 Å². The molecule has 4 saturated heterocycles. The summed E-state index contributed by atoms with van der Waals surface area (Å²) >= 11 is 0. The Hall–Kier alpha value is -2.13. The number of methoxy groups -OCH3 is 1. The zero-order chi connectivity index (χ0) is 27.3. The maximum absolute atomic E-state index is 14.0. The van der Waals surface area contributed by atoms with E-state index in [-0.39, 0.29) is 18.1 Å². The molecule has 7 rings (SSSR count). The summed E-state index contributed by atoms with van der Waals surface area (Å²) in [6, 6.07) is 7.89. The second-order valence-electron chi connectivity index (χ2n) is 11.4. The number of rotatable bonds is 5. The van der Waals surface area contributed by atoms with Gasteiger partial charge in [-0.25, -0.2) is 0 Å². The van der Waals surface area contributed by atoms with Crippen molar-refractivity contribution < 1.29 is 48.9 Å². The second-order valence-corrected chi connectivity index (χ2v) is 11.4. The van der Waals surface area contributed by atoms with E-state index in [0.717, 1.165) is 11.3 Å². The van der Waals surface area contributed by atoms with Gasteiger partial charge in [-0.1, -0.05) is 24.3 Å². The molecule has 5 fully saturated rings. The van der Waals surface area contributed by atoms with Gasteiger partial charge in [-0.05, 0) is 24.0 Å². The number of para-hydroxylation sites is 1. The summed E-state index contributed by atoms with van der Waals surface area (Å²) in [4.78, 5) is 14.0. The van der Waals surface area contributed by atoms with Gasteiger partial charge in [0.25, 0.3) is 0 Å². The van der Waals surface area contributed by atoms with Gasteiger partial charge >= 0.3 is 5.97 Å². The Morgan fingerprint density at radius 3 is 2.69 bits per heavy atom. The number of aliphatic hydroxyl groups is 4. The molecule has 6 N–H and O–H groups in total. The summed E-state index contributed by atoms with van der Waals surface area (Å²) in [5.74, 6) is -1.55. The van der Waals surface area contributed by atoms with Crippen molar-refractivity contribution in [3.63, 3.8) is 0 Å². The average Bonchev–Trinajstić information content (AvgIpc) is 3.47. The number of esters is 1. The minimum Gasteiger partial charge on any atom is -0.468 e. The lowest BCUT2D eigenvalue weighted by Crippen LogP contribution is -2.80. The van der Waals surface area contributed by atoms with E-state index < -0.39 is 78.7 Å². The van der Waals surface area contributed by atoms with Gasteiger partial charge in [-0.2, -0.15) is 0 Å². The van der Waals surface area contributed by atoms with Crippen LogP contribution in [0.1, 0.15) is 17.9 Å². The lowest BCUT2D eigenvalue weighted by molar-refractivity contribution is -0.405. The van der Waals surface area contributed by atoms with Crippen LogP contribution >= 0.6 is 0 Å². The van der Waals surface area contributed by atoms with Gasteiger partial charge in [0.2, 0.25) is 0 Å². The number of piperidine rings is 1. The van der Waals surface area contributed by atoms with E-state index in [9.17, 15) is 25.2 Å². The molecule has 1 spiro atoms. The SMILES string of the molecule is C=CC1C2C[C@@H]3NC[C@H]4O[C@H](O[C@H]1O[C@H]1O[C@@H](CO)[C@H](O)[C@@H](O)[C@@H]1O)C2(C(=O)OC)[C@]31Nc2ccccc2C41. The van der Waals surface area contributed by atoms with Crippen molar-refractivity contribution >= 4 is 11.7 Å². The first-order valence-electron chi connectivity index (χ1n) is 13.4. The third kappa shape index (κ3) is 3.06. The van der Waals surface area contributed by atoms with Crippen molar-refractivity contribution in [3.8, 4) is 0 Å². The summed E-state index contributed by atoms with van der Waals surface area (Å²) in [6.45, 7) is 4.01. The molecule has 5 heterocycles. The summed E-state index contributed by atoms with van der Waals surface area (Å²) < 4.78 is 30.2. The summed E-state index contributed by atoms with van der Waals surface area (Å²) in [7, 11) is 1.36. The van der Waals surface area contributed by atoms with Crippen molar-refractivity contribution in [2.75, 3.05) is 25.6 Å². The number of carbonyl (C=O) groups excluding carboxylic acids is 1. The fraction of sp³-hybridized carbons (Fsp3) is 0.667. The highest BCUT2D eigenvalue weighted by atomic mass is 16.8. The standard InChI is InChI=1S/C27H34N2O10/c1-3-11-13-8-17-27-18(12-6-4-5-7-14(12)29-27)15(9-28-17)37-25(26(13,27)24(34)35-2)39-22(11)38-23-21(33)20(32)19(31)16(10-30)36-23/h3-7,11,13,15-23,25,28-33H,1,8-10H2,2H3/t11?,13?,15-,16+,17+,18?,19+,20-,21+,22-,23-,25-,26?,27+/m1/s1. The molecule has 2 bridgehead atoms. The molecule has 1 aromatic rings. The molecule has 12 heteroatoms. The molecule has 0 radical (unpaired) electrons. The monoisotopic (exact) mass is 546 g/mol. The molecule has 212 valence electrons. The normalized spacial score (nSPS) is 50.9. The van der Waals surface area contributed by atoms with Gasteiger partial charge in [-0.15, -0.1) is 6.58 Å². The fourth-order valence-electron chi connectivity index (χ4n) is 8.49. The van der Waals surface area contributed by atoms with E-state index >= 15 is 0 Å². The number of carbonyl (C=O) groups is 1. The Morgan fingerprint density at radius 1 is 1.15 bits per heavy atom. The van der Waals surface area contributed by atoms with Crippen molar-refractivity contribution in [3.05, 3.63) is 42.5 Å². The zero-order valence-electron chi connectivity index (χ0n) is 21.4. The molecular formula is C27H34N2O10. The highest BCUT2D eigenvalue weighted by molar-refractivity contribution is 5.85. The van der Waals surface area contributed by atoms with Gasteiger partial charge in [0.1, 0.15) is 29.8 Å². The molecule has 4 unspecified atom stereocenters. The molecule has 6 aliphatic rings. The Morgan fingerprint density at radius 2 is 1.95 bits per heavy atom. The fourth-order valence-corrected chi connectivity index (χ4v) is 8.49. The zero-order valence-corrected chi connectivity index (χ0v) is 21.4. The molecule has 1 aliphatic carbocycles. The molecule has 39 heavy (non-hydrogen) atoms. The number of ether oxygens (including phenoxy) is 5. The van der Waals surface area contributed by atoms with Crippen molar-refractivity contribution in [1.29, 1.82) is 0 Å². The summed E-state index contributed by atoms with van der Waals surface area (Å²) in [5.41, 5.74) is -0.0283. The first-order chi connectivity index (χ1) is 18.8. The van der Waals surface area contributed by atoms with Crippen LogP contribution in [-0.4, -0.2) is 108 Å². The maximum atomic E-state index is 14.0. The quantitative estimate of drug-likeness (QED) is 0.193. The van der Waals surface area contributed by atoms with Crippen LogP contribution < -0.4 is 10.6 Å². The van der Waals surface area contributed by atoms with E-state index in [0.29, 0.717) is 13.0 Å². The number of hydrogen-bond acceptors (Lipinski definition) is 12. The molecule has 1 saturated carbocycles. The minimum absolute atomic E-state index is 0.126. The van der Waals surface area contributed by atoms with E-state index in [2.05, 4.69) is 23.3 Å². The Bertz CT molecular complexity index is 1170. The topological polar surface area (TPSA) is 168 Å². The lowest BCUT2D eigenvalue weighted by atomic mass is 9.54. The number of hydrogen-bond donors (Lipinski definition) is 6. The van der Waals surface area contributed by atoms with Crippen LogP contribution in [0.3, 0.4) is 0 Å². The minimum atomic E-state index is -1.61. The van der Waals surface area contributed by atoms with E-state index in [1.807, 2.05) is 18.2 Å². The molecule has 12 nitrogen and oxygen atoms in total. The number of benzene rings is 1. The number of fused-ring (bicyclic) bond motifs is 1. The van der Waals surface area contributed by atoms with Gasteiger partial charge in [0.05, 0.1) is 25.4 Å². The molecule has 5 aliphatic heterocycles. The largest absolute Gasteiger partial charge is 0.468 e. The van der Waals surface area contributed by atoms with Gasteiger partial charge < -0.3 is 54.7 Å². The Kier molecular flexibility index (Phi) is 5.91. The number of nitrogens with one attached hydrogen (secondary N) is 2. The number of aliphatic hydroxyl groups excluding tert-OH is 4. The summed E-state index contributed by atoms with van der Waals surface area (Å²) in [5, 5.41) is 48.1. The number of anilines is 1. The Labute approximate surface area is 224 Å². The molecule has 0 aromatic heterocycles. The van der Waals surface area contributed by atoms with E-state index in [1.165, 1.54) is 7.11 Å². The summed E-state index contributed by atoms with van der Waals surface area (Å²) in [6.07, 6.45) is -7.53. The van der Waals surface area contributed by atoms with Crippen LogP contribution in [0.15, 0.2) is 36.9 Å². The van der Waals surface area contributed by atoms with Gasteiger partial charge in [0.15, 0.2) is 18.9 Å². The smallest absolute Gasteiger partial charge is 0.319 e. The van der Waals surface area contributed by atoms with Crippen LogP contribution in [0, 0.1) is 17.3 Å². The Balaban J connectivity index is 1.30. The van der Waals surface area contributed by atoms with Crippen LogP contribution in [-0.2, 0) is 28.5 Å². The van der Waals surface area contributed by atoms with Crippen LogP contribution in [0.2, 0.25) is 0 Å². The predicted molar refractivity (Wildman–Crippen MR) is 132 cm³/mol. The predicted octanol–water partition coefficient (Wildman–Crippen LogP) is -1.21. The van der Waals surface area contributed by atoms with Crippen LogP contribution in [0.5, 0.6) is 0 Å². The van der Waals surface area contributed by atoms with Crippen molar-refractivity contribution in [2.45, 2.75) is 73.3 Å². The first-order valence-corrected chi connectivity index (χ1v) is 13.4. The highest BCUT2D eigenvalue weighted by Gasteiger charge is 2.84. The van der Waals surface area contributed by atoms with Crippen LogP contribution in [0.25, 0.3) is 0 Å². The van der Waals surface area contributed by atoms with Gasteiger partial charge in [0, 0.05) is 30.1 Å². The molecular weight excluding hydrogens is 512 g/mol. The third-order valence-electron chi connectivity index (χ3n) is 9.99. The molecule has 1 aromatic carbocycles.